The summed E-state index contributed by atoms with van der Waals surface area (Å²) < 4.78 is 0. The van der Waals surface area contributed by atoms with Gasteiger partial charge in [0.05, 0.1) is 11.0 Å². The first-order valence-electron chi connectivity index (χ1n) is 7.23. The van der Waals surface area contributed by atoms with Crippen LogP contribution in [-0.2, 0) is 4.79 Å². The zero-order valence-corrected chi connectivity index (χ0v) is 12.3. The number of carbonyl (C=O) groups is 2. The molecule has 114 valence electrons. The summed E-state index contributed by atoms with van der Waals surface area (Å²) in [6, 6.07) is -0.0901. The molecule has 0 aromatic carbocycles. The second-order valence-corrected chi connectivity index (χ2v) is 6.66. The summed E-state index contributed by atoms with van der Waals surface area (Å²) in [7, 11) is 0. The molecule has 2 aliphatic heterocycles. The number of aliphatic hydroxyl groups is 1. The van der Waals surface area contributed by atoms with Gasteiger partial charge in [0.2, 0.25) is 0 Å². The first-order chi connectivity index (χ1) is 9.23. The number of carboxylic acids is 1. The molecule has 0 saturated carbocycles. The van der Waals surface area contributed by atoms with Crippen LogP contribution >= 0.6 is 0 Å². The van der Waals surface area contributed by atoms with Gasteiger partial charge in [-0.15, -0.1) is 0 Å². The van der Waals surface area contributed by atoms with Crippen molar-refractivity contribution >= 4 is 12.0 Å². The Hall–Kier alpha value is -1.30. The lowest BCUT2D eigenvalue weighted by atomic mass is 9.82. The van der Waals surface area contributed by atoms with E-state index in [4.69, 9.17) is 0 Å². The molecule has 0 radical (unpaired) electrons. The monoisotopic (exact) mass is 284 g/mol. The maximum atomic E-state index is 12.5. The summed E-state index contributed by atoms with van der Waals surface area (Å²) in [4.78, 5) is 27.2. The number of hydrogen-bond donors (Lipinski definition) is 2. The van der Waals surface area contributed by atoms with Gasteiger partial charge >= 0.3 is 12.0 Å². The predicted molar refractivity (Wildman–Crippen MR) is 73.4 cm³/mol. The van der Waals surface area contributed by atoms with Crippen LogP contribution in [0.4, 0.5) is 4.79 Å². The maximum absolute atomic E-state index is 12.5. The zero-order valence-electron chi connectivity index (χ0n) is 12.3. The Morgan fingerprint density at radius 2 is 1.60 bits per heavy atom. The van der Waals surface area contributed by atoms with Crippen molar-refractivity contribution in [3.63, 3.8) is 0 Å². The third kappa shape index (κ3) is 3.06. The van der Waals surface area contributed by atoms with Crippen molar-refractivity contribution < 1.29 is 19.8 Å². The standard InChI is InChI=1S/C14H24N2O4/c1-13(11(17)18)4-3-7-16(10-13)12(19)15-8-5-14(2,20)6-9-15/h20H,3-10H2,1-2H3,(H,17,18). The van der Waals surface area contributed by atoms with Gasteiger partial charge in [0, 0.05) is 26.2 Å². The molecule has 6 heteroatoms. The predicted octanol–water partition coefficient (Wildman–Crippen LogP) is 1.14. The largest absolute Gasteiger partial charge is 0.481 e. The van der Waals surface area contributed by atoms with E-state index < -0.39 is 17.0 Å². The molecule has 20 heavy (non-hydrogen) atoms. The lowest BCUT2D eigenvalue weighted by Crippen LogP contribution is -2.55. The van der Waals surface area contributed by atoms with E-state index in [0.717, 1.165) is 6.42 Å². The molecular weight excluding hydrogens is 260 g/mol. The quantitative estimate of drug-likeness (QED) is 0.756. The average Bonchev–Trinajstić information content (AvgIpc) is 2.38. The molecule has 2 fully saturated rings. The molecule has 0 aliphatic carbocycles. The van der Waals surface area contributed by atoms with Crippen LogP contribution in [0.5, 0.6) is 0 Å². The molecule has 0 aromatic heterocycles. The molecule has 1 atom stereocenters. The van der Waals surface area contributed by atoms with Crippen LogP contribution in [0.1, 0.15) is 39.5 Å². The van der Waals surface area contributed by atoms with Gasteiger partial charge in [0.25, 0.3) is 0 Å². The fourth-order valence-electron chi connectivity index (χ4n) is 2.96. The van der Waals surface area contributed by atoms with Crippen molar-refractivity contribution in [3.8, 4) is 0 Å². The molecule has 1 unspecified atom stereocenters. The van der Waals surface area contributed by atoms with Crippen LogP contribution in [-0.4, -0.2) is 63.8 Å². The fourth-order valence-corrected chi connectivity index (χ4v) is 2.96. The number of likely N-dealkylation sites (tertiary alicyclic amines) is 2. The second kappa shape index (κ2) is 5.24. The van der Waals surface area contributed by atoms with E-state index in [9.17, 15) is 19.8 Å². The number of urea groups is 1. The van der Waals surface area contributed by atoms with E-state index in [-0.39, 0.29) is 12.6 Å². The normalized spacial score (nSPS) is 30.1. The maximum Gasteiger partial charge on any atom is 0.320 e. The Kier molecular flexibility index (Phi) is 3.95. The molecule has 2 amide bonds. The molecule has 2 rings (SSSR count). The van der Waals surface area contributed by atoms with E-state index in [0.29, 0.717) is 38.9 Å². The van der Waals surface area contributed by atoms with Crippen LogP contribution < -0.4 is 0 Å². The molecular formula is C14H24N2O4. The van der Waals surface area contributed by atoms with Crippen LogP contribution in [0.3, 0.4) is 0 Å². The van der Waals surface area contributed by atoms with Crippen molar-refractivity contribution in [2.45, 2.75) is 45.1 Å². The van der Waals surface area contributed by atoms with Gasteiger partial charge in [-0.1, -0.05) is 0 Å². The van der Waals surface area contributed by atoms with Gasteiger partial charge in [-0.2, -0.15) is 0 Å². The van der Waals surface area contributed by atoms with Crippen LogP contribution in [0.25, 0.3) is 0 Å². The zero-order chi connectivity index (χ0) is 15.0. The van der Waals surface area contributed by atoms with Crippen molar-refractivity contribution in [1.82, 2.24) is 9.80 Å². The molecule has 2 heterocycles. The third-order valence-electron chi connectivity index (χ3n) is 4.59. The second-order valence-electron chi connectivity index (χ2n) is 6.66. The van der Waals surface area contributed by atoms with Crippen molar-refractivity contribution in [1.29, 1.82) is 0 Å². The van der Waals surface area contributed by atoms with Crippen molar-refractivity contribution in [2.75, 3.05) is 26.2 Å². The first kappa shape index (κ1) is 15.1. The van der Waals surface area contributed by atoms with E-state index in [1.165, 1.54) is 0 Å². The molecule has 2 aliphatic rings. The van der Waals surface area contributed by atoms with E-state index in [2.05, 4.69) is 0 Å². The van der Waals surface area contributed by atoms with Crippen molar-refractivity contribution in [2.24, 2.45) is 5.41 Å². The molecule has 2 N–H and O–H groups in total. The number of carbonyl (C=O) groups excluding carboxylic acids is 1. The number of rotatable bonds is 1. The molecule has 0 aromatic rings. The number of nitrogens with zero attached hydrogens (tertiary/aromatic N) is 2. The number of hydrogen-bond acceptors (Lipinski definition) is 3. The Morgan fingerprint density at radius 1 is 1.00 bits per heavy atom. The lowest BCUT2D eigenvalue weighted by Gasteiger charge is -2.42. The summed E-state index contributed by atoms with van der Waals surface area (Å²) in [5.41, 5.74) is -1.52. The topological polar surface area (TPSA) is 81.1 Å². The Balaban J connectivity index is 1.98. The third-order valence-corrected chi connectivity index (χ3v) is 4.59. The van der Waals surface area contributed by atoms with E-state index >= 15 is 0 Å². The minimum absolute atomic E-state index is 0.0901. The van der Waals surface area contributed by atoms with Gasteiger partial charge in [-0.3, -0.25) is 4.79 Å². The highest BCUT2D eigenvalue weighted by atomic mass is 16.4. The van der Waals surface area contributed by atoms with E-state index in [1.54, 1.807) is 23.6 Å². The minimum Gasteiger partial charge on any atom is -0.481 e. The van der Waals surface area contributed by atoms with Gasteiger partial charge in [0.15, 0.2) is 0 Å². The smallest absolute Gasteiger partial charge is 0.320 e. The van der Waals surface area contributed by atoms with Crippen LogP contribution in [0.15, 0.2) is 0 Å². The molecule has 6 nitrogen and oxygen atoms in total. The summed E-state index contributed by atoms with van der Waals surface area (Å²) in [6.07, 6.45) is 2.48. The van der Waals surface area contributed by atoms with Gasteiger partial charge < -0.3 is 20.0 Å². The summed E-state index contributed by atoms with van der Waals surface area (Å²) in [6.45, 7) is 5.45. The van der Waals surface area contributed by atoms with Gasteiger partial charge in [-0.05, 0) is 39.5 Å². The fraction of sp³-hybridized carbons (Fsp3) is 0.857. The highest BCUT2D eigenvalue weighted by Crippen LogP contribution is 2.31. The lowest BCUT2D eigenvalue weighted by molar-refractivity contribution is -0.150. The van der Waals surface area contributed by atoms with Crippen molar-refractivity contribution in [3.05, 3.63) is 0 Å². The Labute approximate surface area is 119 Å². The van der Waals surface area contributed by atoms with Gasteiger partial charge in [-0.25, -0.2) is 4.79 Å². The summed E-state index contributed by atoms with van der Waals surface area (Å²) in [5, 5.41) is 19.2. The molecule has 0 bridgehead atoms. The van der Waals surface area contributed by atoms with Gasteiger partial charge in [0.1, 0.15) is 0 Å². The summed E-state index contributed by atoms with van der Waals surface area (Å²) >= 11 is 0. The average molecular weight is 284 g/mol. The highest BCUT2D eigenvalue weighted by Gasteiger charge is 2.41. The minimum atomic E-state index is -0.838. The Bertz CT molecular complexity index is 400. The molecule has 2 saturated heterocycles. The van der Waals surface area contributed by atoms with Crippen LogP contribution in [0.2, 0.25) is 0 Å². The SMILES string of the molecule is CC1(O)CCN(C(=O)N2CCCC(C)(C(=O)O)C2)CC1. The summed E-state index contributed by atoms with van der Waals surface area (Å²) in [5.74, 6) is -0.837. The number of piperidine rings is 2. The van der Waals surface area contributed by atoms with E-state index in [1.807, 2.05) is 0 Å². The Morgan fingerprint density at radius 3 is 2.15 bits per heavy atom. The molecule has 0 spiro atoms. The number of carboxylic acid groups (broad SMARTS) is 1. The number of amides is 2. The highest BCUT2D eigenvalue weighted by molar-refractivity contribution is 5.78. The van der Waals surface area contributed by atoms with Crippen LogP contribution in [0, 0.1) is 5.41 Å². The number of aliphatic carboxylic acids is 1. The first-order valence-corrected chi connectivity index (χ1v) is 7.23.